The van der Waals surface area contributed by atoms with E-state index < -0.39 is 59.7 Å². The van der Waals surface area contributed by atoms with Crippen molar-refractivity contribution in [2.75, 3.05) is 6.61 Å². The summed E-state index contributed by atoms with van der Waals surface area (Å²) < 4.78 is 121. The number of carbonyl (C=O) groups is 1. The zero-order valence-electron chi connectivity index (χ0n) is 13.2. The van der Waals surface area contributed by atoms with E-state index in [-0.39, 0.29) is 6.42 Å². The molecule has 0 aliphatic rings. The molecule has 0 aliphatic heterocycles. The molecule has 0 aliphatic carbocycles. The Hall–Kier alpha value is -1.05. The second-order valence-corrected chi connectivity index (χ2v) is 10.1. The first-order chi connectivity index (χ1) is 10.8. The van der Waals surface area contributed by atoms with Gasteiger partial charge in [0.2, 0.25) is 0 Å². The molecule has 0 spiro atoms. The van der Waals surface area contributed by atoms with Crippen LogP contribution in [0.1, 0.15) is 33.6 Å². The van der Waals surface area contributed by atoms with E-state index in [0.29, 0.717) is 0 Å². The smallest absolute Gasteiger partial charge is 0.465 e. The Kier molecular flexibility index (Phi) is 6.98. The van der Waals surface area contributed by atoms with Crippen LogP contribution in [0.25, 0.3) is 0 Å². The number of halogens is 6. The first kappa shape index (κ1) is 23.9. The van der Waals surface area contributed by atoms with Crippen LogP contribution in [0.5, 0.6) is 0 Å². The van der Waals surface area contributed by atoms with E-state index in [1.165, 1.54) is 13.8 Å². The third-order valence-corrected chi connectivity index (χ3v) is 8.03. The molecule has 14 heteroatoms. The van der Waals surface area contributed by atoms with Crippen LogP contribution in [-0.4, -0.2) is 45.0 Å². The summed E-state index contributed by atoms with van der Waals surface area (Å²) >= 11 is 0. The molecule has 0 radical (unpaired) electrons. The highest BCUT2D eigenvalue weighted by Crippen LogP contribution is 2.37. The minimum atomic E-state index is -6.72. The Bertz CT molecular complexity index is 646. The van der Waals surface area contributed by atoms with Gasteiger partial charge in [-0.15, -0.1) is 0 Å². The molecular weight excluding hydrogens is 406 g/mol. The summed E-state index contributed by atoms with van der Waals surface area (Å²) in [7, 11) is -13.4. The summed E-state index contributed by atoms with van der Waals surface area (Å²) in [6, 6.07) is 0. The Balaban J connectivity index is 5.67. The Morgan fingerprint density at radius 3 is 1.56 bits per heavy atom. The van der Waals surface area contributed by atoms with Crippen molar-refractivity contribution in [2.45, 2.75) is 49.2 Å². The molecule has 0 heterocycles. The topological polar surface area (TPSA) is 94.6 Å². The molecule has 0 fully saturated rings. The first-order valence-corrected chi connectivity index (χ1v) is 9.69. The van der Waals surface area contributed by atoms with Gasteiger partial charge in [-0.3, -0.25) is 4.79 Å². The van der Waals surface area contributed by atoms with Gasteiger partial charge in [-0.05, 0) is 20.3 Å². The zero-order valence-corrected chi connectivity index (χ0v) is 14.9. The van der Waals surface area contributed by atoms with Gasteiger partial charge in [0.05, 0.1) is 12.0 Å². The summed E-state index contributed by atoms with van der Waals surface area (Å²) in [6.45, 7) is 3.03. The molecule has 150 valence electrons. The lowest BCUT2D eigenvalue weighted by Crippen LogP contribution is -2.45. The first-order valence-electron chi connectivity index (χ1n) is 6.60. The quantitative estimate of drug-likeness (QED) is 0.462. The van der Waals surface area contributed by atoms with Crippen molar-refractivity contribution in [1.82, 2.24) is 0 Å². The number of rotatable bonds is 7. The van der Waals surface area contributed by atoms with Gasteiger partial charge in [0.1, 0.15) is 0 Å². The number of ether oxygens (including phenoxy) is 1. The third kappa shape index (κ3) is 5.21. The van der Waals surface area contributed by atoms with Crippen LogP contribution in [0.2, 0.25) is 0 Å². The Morgan fingerprint density at radius 2 is 1.28 bits per heavy atom. The van der Waals surface area contributed by atoms with Gasteiger partial charge in [0.15, 0.2) is 4.58 Å². The summed E-state index contributed by atoms with van der Waals surface area (Å²) in [4.78, 5) is 11.6. The van der Waals surface area contributed by atoms with E-state index in [0.717, 1.165) is 0 Å². The number of alkyl halides is 6. The molecule has 0 aromatic rings. The van der Waals surface area contributed by atoms with E-state index in [1.807, 2.05) is 0 Å². The molecule has 0 N–H and O–H groups in total. The normalized spacial score (nSPS) is 14.6. The van der Waals surface area contributed by atoms with E-state index in [1.54, 1.807) is 6.92 Å². The molecule has 25 heavy (non-hydrogen) atoms. The van der Waals surface area contributed by atoms with Gasteiger partial charge in [0.25, 0.3) is 19.7 Å². The van der Waals surface area contributed by atoms with Crippen LogP contribution < -0.4 is 0 Å². The van der Waals surface area contributed by atoms with Crippen LogP contribution >= 0.6 is 0 Å². The predicted octanol–water partition coefficient (Wildman–Crippen LogP) is 2.55. The maximum absolute atomic E-state index is 12.5. The largest absolute Gasteiger partial charge is 0.498 e. The van der Waals surface area contributed by atoms with E-state index in [2.05, 4.69) is 4.74 Å². The van der Waals surface area contributed by atoms with Crippen LogP contribution in [0.4, 0.5) is 26.3 Å². The van der Waals surface area contributed by atoms with Crippen LogP contribution in [0.3, 0.4) is 0 Å². The van der Waals surface area contributed by atoms with Crippen LogP contribution in [-0.2, 0) is 29.2 Å². The van der Waals surface area contributed by atoms with Crippen LogP contribution in [0.15, 0.2) is 0 Å². The fourth-order valence-electron chi connectivity index (χ4n) is 1.36. The second-order valence-electron chi connectivity index (χ2n) is 5.57. The Labute approximate surface area is 140 Å². The van der Waals surface area contributed by atoms with Crippen molar-refractivity contribution in [2.24, 2.45) is 5.41 Å². The summed E-state index contributed by atoms with van der Waals surface area (Å²) in [5.74, 6) is -1.03. The summed E-state index contributed by atoms with van der Waals surface area (Å²) in [5, 5.41) is 0. The number of sulfone groups is 2. The second kappa shape index (κ2) is 7.29. The maximum Gasteiger partial charge on any atom is 0.498 e. The number of esters is 1. The highest BCUT2D eigenvalue weighted by atomic mass is 32.3. The number of hydrogen-bond acceptors (Lipinski definition) is 6. The van der Waals surface area contributed by atoms with Crippen molar-refractivity contribution in [3.05, 3.63) is 0 Å². The van der Waals surface area contributed by atoms with Gasteiger partial charge >= 0.3 is 17.0 Å². The lowest BCUT2D eigenvalue weighted by atomic mass is 9.91. The maximum atomic E-state index is 12.5. The molecule has 0 amide bonds. The standard InChI is InChI=1S/C11H16F6O6S2/c1-4-9(2,3)8(18)23-6-5-7(24(19,20)10(12,13)14)25(21,22)11(15,16)17/h7H,4-6H2,1-3H3. The highest BCUT2D eigenvalue weighted by molar-refractivity contribution is 8.09. The summed E-state index contributed by atoms with van der Waals surface area (Å²) in [5.41, 5.74) is -13.6. The van der Waals surface area contributed by atoms with E-state index in [9.17, 15) is 48.0 Å². The highest BCUT2D eigenvalue weighted by Gasteiger charge is 2.62. The third-order valence-electron chi connectivity index (χ3n) is 3.36. The molecule has 6 nitrogen and oxygen atoms in total. The minimum Gasteiger partial charge on any atom is -0.465 e. The molecule has 0 aromatic carbocycles. The minimum absolute atomic E-state index is 0.205. The fraction of sp³-hybridized carbons (Fsp3) is 0.909. The van der Waals surface area contributed by atoms with Crippen molar-refractivity contribution < 1.29 is 52.7 Å². The average Bonchev–Trinajstić information content (AvgIpc) is 2.39. The van der Waals surface area contributed by atoms with Crippen molar-refractivity contribution in [3.8, 4) is 0 Å². The zero-order chi connectivity index (χ0) is 20.5. The van der Waals surface area contributed by atoms with Crippen molar-refractivity contribution in [3.63, 3.8) is 0 Å². The monoisotopic (exact) mass is 422 g/mol. The lowest BCUT2D eigenvalue weighted by molar-refractivity contribution is -0.154. The van der Waals surface area contributed by atoms with E-state index in [4.69, 9.17) is 0 Å². The molecule has 0 atom stereocenters. The Morgan fingerprint density at radius 1 is 0.920 bits per heavy atom. The van der Waals surface area contributed by atoms with E-state index >= 15 is 0 Å². The van der Waals surface area contributed by atoms with Gasteiger partial charge in [-0.25, -0.2) is 16.8 Å². The molecule has 0 saturated carbocycles. The summed E-state index contributed by atoms with van der Waals surface area (Å²) in [6.07, 6.45) is -1.51. The van der Waals surface area contributed by atoms with Crippen molar-refractivity contribution >= 4 is 25.6 Å². The van der Waals surface area contributed by atoms with Gasteiger partial charge in [-0.2, -0.15) is 26.3 Å². The number of hydrogen-bond donors (Lipinski definition) is 0. The number of carbonyl (C=O) groups excluding carboxylic acids is 1. The van der Waals surface area contributed by atoms with Gasteiger partial charge in [-0.1, -0.05) is 6.92 Å². The molecular formula is C11H16F6O6S2. The molecule has 0 rings (SSSR count). The lowest BCUT2D eigenvalue weighted by Gasteiger charge is -2.23. The average molecular weight is 422 g/mol. The van der Waals surface area contributed by atoms with Gasteiger partial charge < -0.3 is 4.74 Å². The SMILES string of the molecule is CCC(C)(C)C(=O)OCCC(S(=O)(=O)C(F)(F)F)S(=O)(=O)C(F)(F)F. The molecule has 0 aromatic heterocycles. The molecule has 0 bridgehead atoms. The van der Waals surface area contributed by atoms with Crippen LogP contribution in [0, 0.1) is 5.41 Å². The predicted molar refractivity (Wildman–Crippen MR) is 73.4 cm³/mol. The van der Waals surface area contributed by atoms with Gasteiger partial charge in [0, 0.05) is 6.42 Å². The molecule has 0 saturated heterocycles. The molecule has 0 unspecified atom stereocenters. The fourth-order valence-corrected chi connectivity index (χ4v) is 4.76. The van der Waals surface area contributed by atoms with Crippen molar-refractivity contribution in [1.29, 1.82) is 0 Å².